The van der Waals surface area contributed by atoms with E-state index in [1.807, 2.05) is 6.07 Å². The normalized spacial score (nSPS) is 15.7. The first-order chi connectivity index (χ1) is 11.7. The molecule has 0 spiro atoms. The van der Waals surface area contributed by atoms with Crippen molar-refractivity contribution in [1.82, 2.24) is 30.0 Å². The predicted molar refractivity (Wildman–Crippen MR) is 89.9 cm³/mol. The Balaban J connectivity index is 1.53. The van der Waals surface area contributed by atoms with Gasteiger partial charge in [-0.05, 0) is 44.1 Å². The molecule has 0 aliphatic carbocycles. The van der Waals surface area contributed by atoms with Gasteiger partial charge in [0.05, 0.1) is 17.4 Å². The number of benzene rings is 1. The van der Waals surface area contributed by atoms with Crippen LogP contribution in [-0.2, 0) is 7.05 Å². The SMILES string of the molecule is Cn1nc(C2CCNCC2)nc1NC(=O)c1ccc2nc[nH]c2c1. The van der Waals surface area contributed by atoms with Gasteiger partial charge in [0.2, 0.25) is 5.95 Å². The van der Waals surface area contributed by atoms with Crippen LogP contribution in [-0.4, -0.2) is 43.7 Å². The largest absolute Gasteiger partial charge is 0.345 e. The van der Waals surface area contributed by atoms with E-state index in [9.17, 15) is 4.79 Å². The highest BCUT2D eigenvalue weighted by Gasteiger charge is 2.21. The molecule has 1 aliphatic rings. The number of carbonyl (C=O) groups excluding carboxylic acids is 1. The molecule has 1 fully saturated rings. The average Bonchev–Trinajstić information content (AvgIpc) is 3.22. The number of hydrogen-bond donors (Lipinski definition) is 3. The first kappa shape index (κ1) is 14.8. The molecule has 0 saturated carbocycles. The van der Waals surface area contributed by atoms with E-state index in [0.717, 1.165) is 42.8 Å². The van der Waals surface area contributed by atoms with Gasteiger partial charge in [-0.3, -0.25) is 10.1 Å². The Labute approximate surface area is 138 Å². The summed E-state index contributed by atoms with van der Waals surface area (Å²) in [6.45, 7) is 1.96. The number of anilines is 1. The zero-order valence-electron chi connectivity index (χ0n) is 13.4. The number of aromatic nitrogens is 5. The monoisotopic (exact) mass is 325 g/mol. The van der Waals surface area contributed by atoms with Crippen LogP contribution in [0.4, 0.5) is 5.95 Å². The minimum atomic E-state index is -0.209. The third-order valence-electron chi connectivity index (χ3n) is 4.39. The van der Waals surface area contributed by atoms with Crippen LogP contribution in [0.1, 0.15) is 34.9 Å². The standard InChI is InChI=1S/C16H19N7O/c1-23-16(20-14(22-23)10-4-6-17-7-5-10)21-15(24)11-2-3-12-13(8-11)19-9-18-12/h2-3,8-10,17H,4-7H2,1H3,(H,18,19)(H,20,21,22,24). The maximum atomic E-state index is 12.5. The van der Waals surface area contributed by atoms with Crippen molar-refractivity contribution in [3.8, 4) is 0 Å². The van der Waals surface area contributed by atoms with Crippen LogP contribution < -0.4 is 10.6 Å². The first-order valence-corrected chi connectivity index (χ1v) is 8.07. The fraction of sp³-hybridized carbons (Fsp3) is 0.375. The van der Waals surface area contributed by atoms with Crippen LogP contribution in [0, 0.1) is 0 Å². The van der Waals surface area contributed by atoms with Crippen LogP contribution in [0.15, 0.2) is 24.5 Å². The van der Waals surface area contributed by atoms with E-state index in [1.54, 1.807) is 30.2 Å². The van der Waals surface area contributed by atoms with Crippen LogP contribution in [0.2, 0.25) is 0 Å². The Bertz CT molecular complexity index is 876. The van der Waals surface area contributed by atoms with E-state index in [4.69, 9.17) is 0 Å². The molecule has 124 valence electrons. The number of aromatic amines is 1. The molecule has 8 nitrogen and oxygen atoms in total. The minimum Gasteiger partial charge on any atom is -0.345 e. The fourth-order valence-electron chi connectivity index (χ4n) is 3.02. The third kappa shape index (κ3) is 2.76. The molecule has 1 saturated heterocycles. The van der Waals surface area contributed by atoms with Crippen molar-refractivity contribution in [3.05, 3.63) is 35.9 Å². The zero-order valence-corrected chi connectivity index (χ0v) is 13.4. The molecule has 24 heavy (non-hydrogen) atoms. The van der Waals surface area contributed by atoms with Gasteiger partial charge in [-0.15, -0.1) is 0 Å². The Morgan fingerprint density at radius 3 is 3.00 bits per heavy atom. The molecule has 4 rings (SSSR count). The average molecular weight is 325 g/mol. The maximum absolute atomic E-state index is 12.5. The second-order valence-corrected chi connectivity index (χ2v) is 6.03. The van der Waals surface area contributed by atoms with Crippen molar-refractivity contribution in [3.63, 3.8) is 0 Å². The van der Waals surface area contributed by atoms with Crippen molar-refractivity contribution >= 4 is 22.9 Å². The van der Waals surface area contributed by atoms with E-state index in [0.29, 0.717) is 17.4 Å². The molecule has 8 heteroatoms. The number of imidazole rings is 1. The van der Waals surface area contributed by atoms with Gasteiger partial charge in [0.15, 0.2) is 5.82 Å². The maximum Gasteiger partial charge on any atom is 0.258 e. The van der Waals surface area contributed by atoms with Gasteiger partial charge in [-0.1, -0.05) is 0 Å². The van der Waals surface area contributed by atoms with Gasteiger partial charge in [-0.2, -0.15) is 10.1 Å². The number of carbonyl (C=O) groups is 1. The number of H-pyrrole nitrogens is 1. The van der Waals surface area contributed by atoms with Crippen molar-refractivity contribution < 1.29 is 4.79 Å². The molecule has 0 radical (unpaired) electrons. The molecule has 1 amide bonds. The summed E-state index contributed by atoms with van der Waals surface area (Å²) in [5, 5.41) is 10.6. The summed E-state index contributed by atoms with van der Waals surface area (Å²) in [6.07, 6.45) is 3.65. The van der Waals surface area contributed by atoms with E-state index in [-0.39, 0.29) is 5.91 Å². The van der Waals surface area contributed by atoms with Crippen molar-refractivity contribution in [1.29, 1.82) is 0 Å². The van der Waals surface area contributed by atoms with Gasteiger partial charge in [0.1, 0.15) is 0 Å². The zero-order chi connectivity index (χ0) is 16.5. The molecule has 2 aromatic heterocycles. The van der Waals surface area contributed by atoms with Crippen molar-refractivity contribution in [2.45, 2.75) is 18.8 Å². The minimum absolute atomic E-state index is 0.209. The number of hydrogen-bond acceptors (Lipinski definition) is 5. The van der Waals surface area contributed by atoms with E-state index >= 15 is 0 Å². The lowest BCUT2D eigenvalue weighted by atomic mass is 9.98. The van der Waals surface area contributed by atoms with Gasteiger partial charge in [-0.25, -0.2) is 9.67 Å². The topological polar surface area (TPSA) is 101 Å². The summed E-state index contributed by atoms with van der Waals surface area (Å²) in [5.41, 5.74) is 2.22. The number of amides is 1. The lowest BCUT2D eigenvalue weighted by molar-refractivity contribution is 0.102. The number of rotatable bonds is 3. The first-order valence-electron chi connectivity index (χ1n) is 8.07. The smallest absolute Gasteiger partial charge is 0.258 e. The predicted octanol–water partition coefficient (Wildman–Crippen LogP) is 1.41. The number of nitrogens with zero attached hydrogens (tertiary/aromatic N) is 4. The Hall–Kier alpha value is -2.74. The fourth-order valence-corrected chi connectivity index (χ4v) is 3.02. The Morgan fingerprint density at radius 2 is 2.17 bits per heavy atom. The third-order valence-corrected chi connectivity index (χ3v) is 4.39. The Morgan fingerprint density at radius 1 is 1.33 bits per heavy atom. The number of nitrogens with one attached hydrogen (secondary N) is 3. The number of aryl methyl sites for hydroxylation is 1. The van der Waals surface area contributed by atoms with E-state index < -0.39 is 0 Å². The second-order valence-electron chi connectivity index (χ2n) is 6.03. The molecular formula is C16H19N7O. The van der Waals surface area contributed by atoms with Gasteiger partial charge in [0.25, 0.3) is 5.91 Å². The van der Waals surface area contributed by atoms with Crippen molar-refractivity contribution in [2.24, 2.45) is 7.05 Å². The quantitative estimate of drug-likeness (QED) is 0.676. The summed E-state index contributed by atoms with van der Waals surface area (Å²) in [6, 6.07) is 5.35. The molecule has 3 N–H and O–H groups in total. The van der Waals surface area contributed by atoms with Crippen LogP contribution >= 0.6 is 0 Å². The number of piperidine rings is 1. The lowest BCUT2D eigenvalue weighted by Gasteiger charge is -2.19. The highest BCUT2D eigenvalue weighted by atomic mass is 16.1. The van der Waals surface area contributed by atoms with E-state index in [1.165, 1.54) is 0 Å². The molecule has 0 atom stereocenters. The number of fused-ring (bicyclic) bond motifs is 1. The second kappa shape index (κ2) is 6.04. The molecule has 3 heterocycles. The Kier molecular flexibility index (Phi) is 3.73. The van der Waals surface area contributed by atoms with E-state index in [2.05, 4.69) is 30.7 Å². The van der Waals surface area contributed by atoms with Crippen LogP contribution in [0.25, 0.3) is 11.0 Å². The highest BCUT2D eigenvalue weighted by Crippen LogP contribution is 2.23. The molecule has 0 unspecified atom stereocenters. The summed E-state index contributed by atoms with van der Waals surface area (Å²) in [5.74, 6) is 1.42. The molecule has 3 aromatic rings. The summed E-state index contributed by atoms with van der Waals surface area (Å²) in [4.78, 5) is 24.2. The molecule has 0 bridgehead atoms. The van der Waals surface area contributed by atoms with Gasteiger partial charge in [0, 0.05) is 18.5 Å². The summed E-state index contributed by atoms with van der Waals surface area (Å²) in [7, 11) is 1.80. The summed E-state index contributed by atoms with van der Waals surface area (Å²) < 4.78 is 1.63. The highest BCUT2D eigenvalue weighted by molar-refractivity contribution is 6.05. The van der Waals surface area contributed by atoms with Crippen LogP contribution in [0.3, 0.4) is 0 Å². The molecule has 1 aromatic carbocycles. The summed E-state index contributed by atoms with van der Waals surface area (Å²) >= 11 is 0. The van der Waals surface area contributed by atoms with Gasteiger partial charge >= 0.3 is 0 Å². The van der Waals surface area contributed by atoms with Gasteiger partial charge < -0.3 is 10.3 Å². The van der Waals surface area contributed by atoms with Crippen LogP contribution in [0.5, 0.6) is 0 Å². The molecule has 1 aliphatic heterocycles. The van der Waals surface area contributed by atoms with Crippen molar-refractivity contribution in [2.75, 3.05) is 18.4 Å². The lowest BCUT2D eigenvalue weighted by Crippen LogP contribution is -2.27. The molecular weight excluding hydrogens is 306 g/mol.